The Kier molecular flexibility index (Phi) is 4.79. The van der Waals surface area contributed by atoms with E-state index in [1.807, 2.05) is 0 Å². The Balaban J connectivity index is 1.98. The zero-order valence-corrected chi connectivity index (χ0v) is 12.0. The van der Waals surface area contributed by atoms with Gasteiger partial charge in [0.1, 0.15) is 6.04 Å². The molecule has 2 rings (SSSR count). The monoisotopic (exact) mass is 296 g/mol. The molecule has 20 heavy (non-hydrogen) atoms. The van der Waals surface area contributed by atoms with Crippen molar-refractivity contribution in [2.45, 2.75) is 32.2 Å². The van der Waals surface area contributed by atoms with E-state index in [9.17, 15) is 9.59 Å². The van der Waals surface area contributed by atoms with Crippen LogP contribution in [0.25, 0.3) is 0 Å². The van der Waals surface area contributed by atoms with Crippen LogP contribution < -0.4 is 16.0 Å². The van der Waals surface area contributed by atoms with Crippen LogP contribution in [0.3, 0.4) is 0 Å². The summed E-state index contributed by atoms with van der Waals surface area (Å²) in [6, 6.07) is 0.668. The van der Waals surface area contributed by atoms with E-state index < -0.39 is 12.1 Å². The minimum absolute atomic E-state index is 0.144. The van der Waals surface area contributed by atoms with Gasteiger partial charge in [-0.15, -0.1) is 0 Å². The lowest BCUT2D eigenvalue weighted by molar-refractivity contribution is -0.122. The fourth-order valence-corrected chi connectivity index (χ4v) is 2.20. The average molecular weight is 297 g/mol. The molecule has 1 fully saturated rings. The topological polar surface area (TPSA) is 83.1 Å². The Morgan fingerprint density at radius 2 is 2.30 bits per heavy atom. The van der Waals surface area contributed by atoms with Crippen LogP contribution in [0, 0.1) is 6.92 Å². The number of carbonyl (C=O) groups excluding carboxylic acids is 2. The number of nitrogens with one attached hydrogen (secondary N) is 3. The molecule has 0 aliphatic carbocycles. The fourth-order valence-electron chi connectivity index (χ4n) is 2.04. The summed E-state index contributed by atoms with van der Waals surface area (Å²) in [5, 5.41) is 8.46. The number of urea groups is 1. The second kappa shape index (κ2) is 6.56. The molecule has 1 atom stereocenters. The summed E-state index contributed by atoms with van der Waals surface area (Å²) >= 11 is 6.05. The Labute approximate surface area is 122 Å². The Morgan fingerprint density at radius 1 is 1.50 bits per heavy atom. The molecule has 0 aromatic carbocycles. The minimum atomic E-state index is -0.501. The molecular formula is C13H17ClN4O2. The van der Waals surface area contributed by atoms with Crippen LogP contribution in [-0.4, -0.2) is 29.5 Å². The smallest absolute Gasteiger partial charge is 0.319 e. The highest BCUT2D eigenvalue weighted by molar-refractivity contribution is 6.34. The van der Waals surface area contributed by atoms with Gasteiger partial charge in [-0.05, 0) is 32.3 Å². The first-order valence-electron chi connectivity index (χ1n) is 6.54. The van der Waals surface area contributed by atoms with Gasteiger partial charge in [-0.2, -0.15) is 0 Å². The van der Waals surface area contributed by atoms with Crippen molar-refractivity contribution >= 4 is 29.2 Å². The van der Waals surface area contributed by atoms with E-state index in [1.54, 1.807) is 19.2 Å². The largest absolute Gasteiger partial charge is 0.354 e. The van der Waals surface area contributed by atoms with E-state index in [0.29, 0.717) is 29.4 Å². The highest BCUT2D eigenvalue weighted by Gasteiger charge is 2.22. The number of anilines is 1. The standard InChI is InChI=1S/C13H17ClN4O2/c1-8-11(14)9(5-7-15-8)17-13(20)18-10-4-2-3-6-16-12(10)19/h5,7,10H,2-4,6H2,1H3,(H,16,19)(H2,15,17,18,20)/t10-/m1/s1. The maximum absolute atomic E-state index is 11.9. The Bertz CT molecular complexity index is 521. The van der Waals surface area contributed by atoms with Gasteiger partial charge in [-0.1, -0.05) is 11.6 Å². The van der Waals surface area contributed by atoms with Gasteiger partial charge in [0.05, 0.1) is 16.4 Å². The molecule has 108 valence electrons. The molecule has 6 nitrogen and oxygen atoms in total. The predicted molar refractivity (Wildman–Crippen MR) is 76.8 cm³/mol. The molecule has 1 aliphatic heterocycles. The van der Waals surface area contributed by atoms with Gasteiger partial charge in [-0.3, -0.25) is 9.78 Å². The van der Waals surface area contributed by atoms with E-state index in [0.717, 1.165) is 12.8 Å². The average Bonchev–Trinajstić information content (AvgIpc) is 2.61. The molecule has 3 amide bonds. The Morgan fingerprint density at radius 3 is 3.10 bits per heavy atom. The van der Waals surface area contributed by atoms with Crippen LogP contribution in [0.5, 0.6) is 0 Å². The lowest BCUT2D eigenvalue weighted by atomic mass is 10.1. The van der Waals surface area contributed by atoms with Gasteiger partial charge in [0.2, 0.25) is 5.91 Å². The summed E-state index contributed by atoms with van der Waals surface area (Å²) < 4.78 is 0. The van der Waals surface area contributed by atoms with Gasteiger partial charge in [0, 0.05) is 12.7 Å². The van der Waals surface area contributed by atoms with E-state index in [-0.39, 0.29) is 5.91 Å². The summed E-state index contributed by atoms with van der Waals surface area (Å²) in [5.41, 5.74) is 1.11. The first-order chi connectivity index (χ1) is 9.58. The molecule has 1 saturated heterocycles. The molecule has 0 unspecified atom stereocenters. The summed E-state index contributed by atoms with van der Waals surface area (Å²) in [4.78, 5) is 27.7. The van der Waals surface area contributed by atoms with Crippen LogP contribution >= 0.6 is 11.6 Å². The van der Waals surface area contributed by atoms with Gasteiger partial charge in [0.15, 0.2) is 0 Å². The molecule has 3 N–H and O–H groups in total. The maximum Gasteiger partial charge on any atom is 0.319 e. The molecule has 0 saturated carbocycles. The fraction of sp³-hybridized carbons (Fsp3) is 0.462. The number of aryl methyl sites for hydroxylation is 1. The molecule has 7 heteroatoms. The number of halogens is 1. The molecule has 0 spiro atoms. The molecule has 0 radical (unpaired) electrons. The van der Waals surface area contributed by atoms with E-state index in [1.165, 1.54) is 0 Å². The lowest BCUT2D eigenvalue weighted by Crippen LogP contribution is -2.47. The van der Waals surface area contributed by atoms with Crippen molar-refractivity contribution in [2.75, 3.05) is 11.9 Å². The van der Waals surface area contributed by atoms with Crippen molar-refractivity contribution in [1.29, 1.82) is 0 Å². The lowest BCUT2D eigenvalue weighted by Gasteiger charge is -2.16. The first-order valence-corrected chi connectivity index (χ1v) is 6.92. The van der Waals surface area contributed by atoms with E-state index >= 15 is 0 Å². The zero-order valence-electron chi connectivity index (χ0n) is 11.2. The van der Waals surface area contributed by atoms with Crippen LogP contribution in [0.1, 0.15) is 25.0 Å². The van der Waals surface area contributed by atoms with E-state index in [2.05, 4.69) is 20.9 Å². The quantitative estimate of drug-likeness (QED) is 0.778. The molecular weight excluding hydrogens is 280 g/mol. The van der Waals surface area contributed by atoms with Crippen LogP contribution in [0.2, 0.25) is 5.02 Å². The van der Waals surface area contributed by atoms with Gasteiger partial charge in [-0.25, -0.2) is 4.79 Å². The number of amides is 3. The second-order valence-corrected chi connectivity index (χ2v) is 5.07. The predicted octanol–water partition coefficient (Wildman–Crippen LogP) is 1.83. The highest BCUT2D eigenvalue weighted by Crippen LogP contribution is 2.23. The summed E-state index contributed by atoms with van der Waals surface area (Å²) in [7, 11) is 0. The summed E-state index contributed by atoms with van der Waals surface area (Å²) in [6.45, 7) is 2.41. The summed E-state index contributed by atoms with van der Waals surface area (Å²) in [6.07, 6.45) is 4.04. The molecule has 2 heterocycles. The number of rotatable bonds is 2. The van der Waals surface area contributed by atoms with Crippen molar-refractivity contribution in [2.24, 2.45) is 0 Å². The van der Waals surface area contributed by atoms with Crippen LogP contribution in [0.15, 0.2) is 12.3 Å². The molecule has 1 aliphatic rings. The van der Waals surface area contributed by atoms with Crippen LogP contribution in [0.4, 0.5) is 10.5 Å². The number of carbonyl (C=O) groups is 2. The van der Waals surface area contributed by atoms with Crippen molar-refractivity contribution < 1.29 is 9.59 Å². The van der Waals surface area contributed by atoms with Gasteiger partial charge >= 0.3 is 6.03 Å². The number of hydrogen-bond donors (Lipinski definition) is 3. The Hall–Kier alpha value is -1.82. The normalized spacial score (nSPS) is 18.9. The number of aromatic nitrogens is 1. The third kappa shape index (κ3) is 3.60. The first kappa shape index (κ1) is 14.6. The van der Waals surface area contributed by atoms with Gasteiger partial charge < -0.3 is 16.0 Å². The van der Waals surface area contributed by atoms with Crippen molar-refractivity contribution in [3.05, 3.63) is 23.0 Å². The van der Waals surface area contributed by atoms with Crippen LogP contribution in [-0.2, 0) is 4.79 Å². The molecule has 0 bridgehead atoms. The zero-order chi connectivity index (χ0) is 14.5. The summed E-state index contributed by atoms with van der Waals surface area (Å²) in [5.74, 6) is -0.144. The SMILES string of the molecule is Cc1nccc(NC(=O)N[C@@H]2CCCCNC2=O)c1Cl. The molecule has 1 aromatic heterocycles. The minimum Gasteiger partial charge on any atom is -0.354 e. The third-order valence-electron chi connectivity index (χ3n) is 3.15. The highest BCUT2D eigenvalue weighted by atomic mass is 35.5. The molecule has 1 aromatic rings. The third-order valence-corrected chi connectivity index (χ3v) is 3.63. The van der Waals surface area contributed by atoms with E-state index in [4.69, 9.17) is 11.6 Å². The van der Waals surface area contributed by atoms with Crippen molar-refractivity contribution in [3.8, 4) is 0 Å². The van der Waals surface area contributed by atoms with Crippen molar-refractivity contribution in [3.63, 3.8) is 0 Å². The maximum atomic E-state index is 11.9. The number of pyridine rings is 1. The van der Waals surface area contributed by atoms with Gasteiger partial charge in [0.25, 0.3) is 0 Å². The van der Waals surface area contributed by atoms with Crippen molar-refractivity contribution in [1.82, 2.24) is 15.6 Å². The number of nitrogens with zero attached hydrogens (tertiary/aromatic N) is 1. The second-order valence-electron chi connectivity index (χ2n) is 4.70. The number of hydrogen-bond acceptors (Lipinski definition) is 3.